The van der Waals surface area contributed by atoms with Crippen molar-refractivity contribution in [2.75, 3.05) is 32.7 Å². The number of rotatable bonds is 3. The predicted molar refractivity (Wildman–Crippen MR) is 58.3 cm³/mol. The number of nitrogens with zero attached hydrogens (tertiary/aromatic N) is 1. The molecule has 14 heavy (non-hydrogen) atoms. The molecule has 1 atom stereocenters. The zero-order chi connectivity index (χ0) is 9.43. The van der Waals surface area contributed by atoms with Gasteiger partial charge >= 0.3 is 0 Å². The molecule has 1 N–H and O–H groups in total. The van der Waals surface area contributed by atoms with E-state index < -0.39 is 0 Å². The molecule has 3 aliphatic rings. The summed E-state index contributed by atoms with van der Waals surface area (Å²) in [5.41, 5.74) is 0.684. The maximum atomic E-state index is 3.53. The topological polar surface area (TPSA) is 15.3 Å². The molecule has 2 heteroatoms. The molecule has 2 heterocycles. The molecule has 1 spiro atoms. The molecule has 1 unspecified atom stereocenters. The minimum atomic E-state index is 0.684. The standard InChI is InChI=1S/C12H22N2/c1-2-11(1)3-7-14-8-5-12(10-14)4-6-13-9-12/h11,13H,1-10H2. The molecule has 0 aromatic carbocycles. The van der Waals surface area contributed by atoms with Crippen LogP contribution in [0, 0.1) is 11.3 Å². The fourth-order valence-electron chi connectivity index (χ4n) is 3.13. The van der Waals surface area contributed by atoms with Gasteiger partial charge in [0, 0.05) is 13.1 Å². The third-order valence-corrected chi connectivity index (χ3v) is 4.40. The van der Waals surface area contributed by atoms with Crippen molar-refractivity contribution in [1.82, 2.24) is 10.2 Å². The summed E-state index contributed by atoms with van der Waals surface area (Å²) in [6.07, 6.45) is 7.38. The monoisotopic (exact) mass is 194 g/mol. The van der Waals surface area contributed by atoms with Gasteiger partial charge in [-0.15, -0.1) is 0 Å². The molecule has 2 saturated heterocycles. The summed E-state index contributed by atoms with van der Waals surface area (Å²) in [6, 6.07) is 0. The first-order valence-electron chi connectivity index (χ1n) is 6.29. The second-order valence-corrected chi connectivity index (χ2v) is 5.68. The minimum absolute atomic E-state index is 0.684. The predicted octanol–water partition coefficient (Wildman–Crippen LogP) is 1.47. The Kier molecular flexibility index (Phi) is 2.29. The minimum Gasteiger partial charge on any atom is -0.316 e. The largest absolute Gasteiger partial charge is 0.316 e. The van der Waals surface area contributed by atoms with Crippen LogP contribution in [0.25, 0.3) is 0 Å². The summed E-state index contributed by atoms with van der Waals surface area (Å²) in [4.78, 5) is 2.71. The number of hydrogen-bond acceptors (Lipinski definition) is 2. The van der Waals surface area contributed by atoms with E-state index in [-0.39, 0.29) is 0 Å². The van der Waals surface area contributed by atoms with Crippen LogP contribution < -0.4 is 5.32 Å². The van der Waals surface area contributed by atoms with E-state index in [1.165, 1.54) is 64.8 Å². The lowest BCUT2D eigenvalue weighted by Gasteiger charge is -2.22. The van der Waals surface area contributed by atoms with Crippen molar-refractivity contribution in [2.45, 2.75) is 32.1 Å². The molecule has 1 aliphatic carbocycles. The van der Waals surface area contributed by atoms with Crippen LogP contribution in [-0.4, -0.2) is 37.6 Å². The molecule has 0 aromatic rings. The normalized spacial score (nSPS) is 38.6. The van der Waals surface area contributed by atoms with Crippen LogP contribution in [0.5, 0.6) is 0 Å². The van der Waals surface area contributed by atoms with Gasteiger partial charge in [-0.25, -0.2) is 0 Å². The third-order valence-electron chi connectivity index (χ3n) is 4.40. The first-order valence-corrected chi connectivity index (χ1v) is 6.29. The highest BCUT2D eigenvalue weighted by Crippen LogP contribution is 2.37. The fraction of sp³-hybridized carbons (Fsp3) is 1.00. The summed E-state index contributed by atoms with van der Waals surface area (Å²) in [5.74, 6) is 1.10. The molecule has 0 bridgehead atoms. The van der Waals surface area contributed by atoms with Crippen LogP contribution in [0.1, 0.15) is 32.1 Å². The highest BCUT2D eigenvalue weighted by Gasteiger charge is 2.40. The number of likely N-dealkylation sites (tertiary alicyclic amines) is 1. The van der Waals surface area contributed by atoms with E-state index in [1.807, 2.05) is 0 Å². The van der Waals surface area contributed by atoms with E-state index in [4.69, 9.17) is 0 Å². The Morgan fingerprint density at radius 1 is 1.29 bits per heavy atom. The van der Waals surface area contributed by atoms with Gasteiger partial charge in [0.25, 0.3) is 0 Å². The molecule has 1 saturated carbocycles. The average molecular weight is 194 g/mol. The van der Waals surface area contributed by atoms with Gasteiger partial charge in [0.1, 0.15) is 0 Å². The number of hydrogen-bond donors (Lipinski definition) is 1. The molecule has 0 aromatic heterocycles. The molecule has 2 aliphatic heterocycles. The maximum absolute atomic E-state index is 3.53. The van der Waals surface area contributed by atoms with Gasteiger partial charge in [-0.1, -0.05) is 12.8 Å². The first kappa shape index (κ1) is 9.17. The van der Waals surface area contributed by atoms with Gasteiger partial charge in [-0.05, 0) is 50.2 Å². The van der Waals surface area contributed by atoms with E-state index in [1.54, 1.807) is 0 Å². The van der Waals surface area contributed by atoms with Crippen molar-refractivity contribution in [3.63, 3.8) is 0 Å². The van der Waals surface area contributed by atoms with E-state index in [2.05, 4.69) is 10.2 Å². The van der Waals surface area contributed by atoms with Crippen molar-refractivity contribution in [2.24, 2.45) is 11.3 Å². The summed E-state index contributed by atoms with van der Waals surface area (Å²) >= 11 is 0. The highest BCUT2D eigenvalue weighted by atomic mass is 15.2. The second kappa shape index (κ2) is 3.49. The Morgan fingerprint density at radius 3 is 2.93 bits per heavy atom. The lowest BCUT2D eigenvalue weighted by molar-refractivity contribution is 0.268. The van der Waals surface area contributed by atoms with Crippen LogP contribution in [0.3, 0.4) is 0 Å². The summed E-state index contributed by atoms with van der Waals surface area (Å²) in [5, 5.41) is 3.53. The molecule has 3 rings (SSSR count). The number of nitrogens with one attached hydrogen (secondary N) is 1. The summed E-state index contributed by atoms with van der Waals surface area (Å²) < 4.78 is 0. The van der Waals surface area contributed by atoms with Crippen LogP contribution in [-0.2, 0) is 0 Å². The van der Waals surface area contributed by atoms with Gasteiger partial charge in [0.05, 0.1) is 0 Å². The van der Waals surface area contributed by atoms with Crippen LogP contribution in [0.15, 0.2) is 0 Å². The maximum Gasteiger partial charge on any atom is 0.00511 e. The van der Waals surface area contributed by atoms with E-state index in [0.29, 0.717) is 5.41 Å². The van der Waals surface area contributed by atoms with Gasteiger partial charge in [-0.2, -0.15) is 0 Å². The van der Waals surface area contributed by atoms with Gasteiger partial charge in [0.2, 0.25) is 0 Å². The Bertz CT molecular complexity index is 204. The van der Waals surface area contributed by atoms with E-state index in [9.17, 15) is 0 Å². The van der Waals surface area contributed by atoms with Crippen molar-refractivity contribution in [3.05, 3.63) is 0 Å². The van der Waals surface area contributed by atoms with Crippen LogP contribution in [0.2, 0.25) is 0 Å². The first-order chi connectivity index (χ1) is 6.86. The Morgan fingerprint density at radius 2 is 2.21 bits per heavy atom. The quantitative estimate of drug-likeness (QED) is 0.732. The third kappa shape index (κ3) is 1.82. The van der Waals surface area contributed by atoms with Crippen molar-refractivity contribution in [1.29, 1.82) is 0 Å². The molecular formula is C12H22N2. The molecule has 80 valence electrons. The van der Waals surface area contributed by atoms with Gasteiger partial charge < -0.3 is 10.2 Å². The fourth-order valence-corrected chi connectivity index (χ4v) is 3.13. The Balaban J connectivity index is 1.48. The van der Waals surface area contributed by atoms with Crippen LogP contribution >= 0.6 is 0 Å². The van der Waals surface area contributed by atoms with Crippen molar-refractivity contribution in [3.8, 4) is 0 Å². The second-order valence-electron chi connectivity index (χ2n) is 5.68. The van der Waals surface area contributed by atoms with E-state index in [0.717, 1.165) is 5.92 Å². The highest BCUT2D eigenvalue weighted by molar-refractivity contribution is 4.95. The lowest BCUT2D eigenvalue weighted by atomic mass is 9.87. The molecule has 0 amide bonds. The Hall–Kier alpha value is -0.0800. The SMILES string of the molecule is C1CC2(CCN(CCC3CC3)C2)CN1. The Labute approximate surface area is 87.0 Å². The molecule has 2 nitrogen and oxygen atoms in total. The molecule has 3 fully saturated rings. The van der Waals surface area contributed by atoms with Crippen LogP contribution in [0.4, 0.5) is 0 Å². The van der Waals surface area contributed by atoms with E-state index >= 15 is 0 Å². The molecular weight excluding hydrogens is 172 g/mol. The zero-order valence-corrected chi connectivity index (χ0v) is 9.10. The van der Waals surface area contributed by atoms with Crippen molar-refractivity contribution >= 4 is 0 Å². The zero-order valence-electron chi connectivity index (χ0n) is 9.10. The smallest absolute Gasteiger partial charge is 0.00511 e. The summed E-state index contributed by atoms with van der Waals surface area (Å²) in [7, 11) is 0. The molecule has 0 radical (unpaired) electrons. The van der Waals surface area contributed by atoms with Gasteiger partial charge in [0.15, 0.2) is 0 Å². The van der Waals surface area contributed by atoms with Gasteiger partial charge in [-0.3, -0.25) is 0 Å². The average Bonchev–Trinajstić information content (AvgIpc) is 2.79. The van der Waals surface area contributed by atoms with Crippen molar-refractivity contribution < 1.29 is 0 Å². The lowest BCUT2D eigenvalue weighted by Crippen LogP contribution is -2.29. The summed E-state index contributed by atoms with van der Waals surface area (Å²) in [6.45, 7) is 6.68.